The molecule has 0 atom stereocenters. The summed E-state index contributed by atoms with van der Waals surface area (Å²) in [5.41, 5.74) is 0. The molecule has 84 valence electrons. The fraction of sp³-hybridized carbons (Fsp3) is 0.875. The van der Waals surface area contributed by atoms with Gasteiger partial charge in [-0.2, -0.15) is 13.2 Å². The second-order valence-corrected chi connectivity index (χ2v) is 3.22. The number of alkyl halides is 3. The Bertz CT molecular complexity index is 180. The average Bonchev–Trinajstić information content (AvgIpc) is 2.01. The zero-order chi connectivity index (χ0) is 11.2. The summed E-state index contributed by atoms with van der Waals surface area (Å²) in [5.74, 6) is -1.60. The summed E-state index contributed by atoms with van der Waals surface area (Å²) in [4.78, 5) is 10.3. The van der Waals surface area contributed by atoms with Crippen molar-refractivity contribution in [1.29, 1.82) is 0 Å². The summed E-state index contributed by atoms with van der Waals surface area (Å²) in [5, 5.41) is 1.71. The lowest BCUT2D eigenvalue weighted by molar-refractivity contribution is -0.173. The summed E-state index contributed by atoms with van der Waals surface area (Å²) in [7, 11) is 0. The molecular formula is C8H14F3NO2. The Morgan fingerprint density at radius 3 is 2.43 bits per heavy atom. The van der Waals surface area contributed by atoms with E-state index in [1.54, 1.807) is 5.32 Å². The summed E-state index contributed by atoms with van der Waals surface area (Å²) in [6, 6.07) is 0. The summed E-state index contributed by atoms with van der Waals surface area (Å²) in [6.07, 6.45) is -4.81. The van der Waals surface area contributed by atoms with Crippen LogP contribution in [0.2, 0.25) is 0 Å². The van der Waals surface area contributed by atoms with Gasteiger partial charge in [-0.05, 0) is 5.92 Å². The number of halogens is 3. The van der Waals surface area contributed by atoms with Crippen molar-refractivity contribution in [3.63, 3.8) is 0 Å². The quantitative estimate of drug-likeness (QED) is 0.700. The van der Waals surface area contributed by atoms with Gasteiger partial charge < -0.3 is 10.1 Å². The number of carbonyl (C=O) groups excluding carboxylic acids is 1. The molecule has 0 radical (unpaired) electrons. The van der Waals surface area contributed by atoms with Gasteiger partial charge in [0.05, 0.1) is 6.61 Å². The molecule has 0 saturated heterocycles. The SMILES string of the molecule is CC(C)COCCNC(=O)C(F)(F)F. The van der Waals surface area contributed by atoms with Crippen molar-refractivity contribution in [3.05, 3.63) is 0 Å². The normalized spacial score (nSPS) is 11.9. The Morgan fingerprint density at radius 2 is 2.00 bits per heavy atom. The van der Waals surface area contributed by atoms with Gasteiger partial charge >= 0.3 is 12.1 Å². The molecule has 0 heterocycles. The third-order valence-corrected chi connectivity index (χ3v) is 1.24. The predicted molar refractivity (Wildman–Crippen MR) is 44.7 cm³/mol. The molecule has 0 aromatic rings. The molecule has 0 aliphatic rings. The maximum Gasteiger partial charge on any atom is 0.471 e. The van der Waals surface area contributed by atoms with Crippen LogP contribution in [-0.2, 0) is 9.53 Å². The van der Waals surface area contributed by atoms with Crippen LogP contribution in [0.25, 0.3) is 0 Å². The number of nitrogens with one attached hydrogen (secondary N) is 1. The number of ether oxygens (including phenoxy) is 1. The van der Waals surface area contributed by atoms with Gasteiger partial charge in [-0.15, -0.1) is 0 Å². The van der Waals surface area contributed by atoms with Crippen molar-refractivity contribution in [2.24, 2.45) is 5.92 Å². The van der Waals surface area contributed by atoms with Crippen LogP contribution < -0.4 is 5.32 Å². The summed E-state index contributed by atoms with van der Waals surface area (Å²) < 4.78 is 39.9. The van der Waals surface area contributed by atoms with E-state index in [-0.39, 0.29) is 13.2 Å². The highest BCUT2D eigenvalue weighted by atomic mass is 19.4. The number of hydrogen-bond acceptors (Lipinski definition) is 2. The maximum absolute atomic E-state index is 11.6. The fourth-order valence-electron chi connectivity index (χ4n) is 0.656. The van der Waals surface area contributed by atoms with Gasteiger partial charge in [-0.1, -0.05) is 13.8 Å². The van der Waals surface area contributed by atoms with Crippen molar-refractivity contribution >= 4 is 5.91 Å². The van der Waals surface area contributed by atoms with Gasteiger partial charge in [-0.25, -0.2) is 0 Å². The molecule has 1 N–H and O–H groups in total. The van der Waals surface area contributed by atoms with Gasteiger partial charge in [0.1, 0.15) is 0 Å². The molecule has 3 nitrogen and oxygen atoms in total. The van der Waals surface area contributed by atoms with Gasteiger partial charge in [0.2, 0.25) is 0 Å². The molecule has 0 aliphatic carbocycles. The van der Waals surface area contributed by atoms with Crippen LogP contribution in [0.3, 0.4) is 0 Å². The van der Waals surface area contributed by atoms with Crippen LogP contribution in [0.1, 0.15) is 13.8 Å². The minimum absolute atomic E-state index is 0.0972. The Balaban J connectivity index is 3.42. The first-order chi connectivity index (χ1) is 6.34. The average molecular weight is 213 g/mol. The third kappa shape index (κ3) is 6.71. The Labute approximate surface area is 80.6 Å². The lowest BCUT2D eigenvalue weighted by atomic mass is 10.2. The standard InChI is InChI=1S/C8H14F3NO2/c1-6(2)5-14-4-3-12-7(13)8(9,10)11/h6H,3-5H2,1-2H3,(H,12,13). The van der Waals surface area contributed by atoms with Crippen LogP contribution in [0.15, 0.2) is 0 Å². The highest BCUT2D eigenvalue weighted by molar-refractivity contribution is 5.81. The van der Waals surface area contributed by atoms with Crippen LogP contribution in [0.5, 0.6) is 0 Å². The second-order valence-electron chi connectivity index (χ2n) is 3.22. The molecule has 1 amide bonds. The molecule has 0 saturated carbocycles. The molecule has 6 heteroatoms. The highest BCUT2D eigenvalue weighted by Gasteiger charge is 2.38. The lowest BCUT2D eigenvalue weighted by Crippen LogP contribution is -2.38. The van der Waals surface area contributed by atoms with Gasteiger partial charge in [-0.3, -0.25) is 4.79 Å². The van der Waals surface area contributed by atoms with E-state index in [4.69, 9.17) is 4.74 Å². The van der Waals surface area contributed by atoms with E-state index < -0.39 is 12.1 Å². The molecule has 0 rings (SSSR count). The topological polar surface area (TPSA) is 38.3 Å². The molecule has 0 aliphatic heterocycles. The minimum Gasteiger partial charge on any atom is -0.379 e. The molecule has 0 bridgehead atoms. The molecule has 0 fully saturated rings. The first kappa shape index (κ1) is 13.2. The van der Waals surface area contributed by atoms with Crippen molar-refractivity contribution in [1.82, 2.24) is 5.32 Å². The van der Waals surface area contributed by atoms with Crippen LogP contribution in [-0.4, -0.2) is 31.8 Å². The van der Waals surface area contributed by atoms with E-state index in [1.807, 2.05) is 13.8 Å². The van der Waals surface area contributed by atoms with Crippen molar-refractivity contribution in [2.45, 2.75) is 20.0 Å². The van der Waals surface area contributed by atoms with Crippen LogP contribution in [0.4, 0.5) is 13.2 Å². The molecule has 0 aromatic heterocycles. The summed E-state index contributed by atoms with van der Waals surface area (Å²) in [6.45, 7) is 4.30. The Kier molecular flexibility index (Phi) is 5.52. The van der Waals surface area contributed by atoms with E-state index in [0.29, 0.717) is 12.5 Å². The fourth-order valence-corrected chi connectivity index (χ4v) is 0.656. The molecular weight excluding hydrogens is 199 g/mol. The zero-order valence-corrected chi connectivity index (χ0v) is 8.15. The van der Waals surface area contributed by atoms with Gasteiger partial charge in [0.15, 0.2) is 0 Å². The number of carbonyl (C=O) groups is 1. The van der Waals surface area contributed by atoms with Crippen LogP contribution >= 0.6 is 0 Å². The Hall–Kier alpha value is -0.780. The van der Waals surface area contributed by atoms with Crippen molar-refractivity contribution in [2.75, 3.05) is 19.8 Å². The predicted octanol–water partition coefficient (Wildman–Crippen LogP) is 1.34. The molecule has 0 spiro atoms. The maximum atomic E-state index is 11.6. The number of hydrogen-bond donors (Lipinski definition) is 1. The molecule has 0 aromatic carbocycles. The lowest BCUT2D eigenvalue weighted by Gasteiger charge is -2.09. The van der Waals surface area contributed by atoms with Gasteiger partial charge in [0.25, 0.3) is 0 Å². The number of rotatable bonds is 5. The minimum atomic E-state index is -4.81. The monoisotopic (exact) mass is 213 g/mol. The highest BCUT2D eigenvalue weighted by Crippen LogP contribution is 2.13. The zero-order valence-electron chi connectivity index (χ0n) is 8.15. The largest absolute Gasteiger partial charge is 0.471 e. The Morgan fingerprint density at radius 1 is 1.43 bits per heavy atom. The van der Waals surface area contributed by atoms with Crippen LogP contribution in [0, 0.1) is 5.92 Å². The summed E-state index contributed by atoms with van der Waals surface area (Å²) >= 11 is 0. The van der Waals surface area contributed by atoms with Crippen molar-refractivity contribution < 1.29 is 22.7 Å². The van der Waals surface area contributed by atoms with E-state index >= 15 is 0 Å². The number of amides is 1. The smallest absolute Gasteiger partial charge is 0.379 e. The van der Waals surface area contributed by atoms with E-state index in [0.717, 1.165) is 0 Å². The second kappa shape index (κ2) is 5.85. The van der Waals surface area contributed by atoms with Gasteiger partial charge in [0, 0.05) is 13.2 Å². The first-order valence-electron chi connectivity index (χ1n) is 4.26. The third-order valence-electron chi connectivity index (χ3n) is 1.24. The van der Waals surface area contributed by atoms with E-state index in [1.165, 1.54) is 0 Å². The van der Waals surface area contributed by atoms with E-state index in [2.05, 4.69) is 0 Å². The molecule has 0 unspecified atom stereocenters. The van der Waals surface area contributed by atoms with E-state index in [9.17, 15) is 18.0 Å². The molecule has 14 heavy (non-hydrogen) atoms. The first-order valence-corrected chi connectivity index (χ1v) is 4.26. The van der Waals surface area contributed by atoms with Crippen molar-refractivity contribution in [3.8, 4) is 0 Å².